The summed E-state index contributed by atoms with van der Waals surface area (Å²) in [6.07, 6.45) is 4.60. The van der Waals surface area contributed by atoms with Crippen molar-refractivity contribution in [2.75, 3.05) is 5.32 Å². The van der Waals surface area contributed by atoms with Gasteiger partial charge in [-0.25, -0.2) is 9.67 Å². The second kappa shape index (κ2) is 8.14. The Morgan fingerprint density at radius 3 is 2.81 bits per heavy atom. The molecule has 5 rings (SSSR count). The minimum atomic E-state index is -0.103. The lowest BCUT2D eigenvalue weighted by atomic mass is 10.1. The Morgan fingerprint density at radius 1 is 1.16 bits per heavy atom. The Morgan fingerprint density at radius 2 is 2.00 bits per heavy atom. The number of aryl methyl sites for hydroxylation is 2. The summed E-state index contributed by atoms with van der Waals surface area (Å²) in [6, 6.07) is 16.0. The Hall–Kier alpha value is -3.81. The van der Waals surface area contributed by atoms with Gasteiger partial charge in [-0.1, -0.05) is 42.0 Å². The summed E-state index contributed by atoms with van der Waals surface area (Å²) in [7, 11) is 0. The zero-order chi connectivity index (χ0) is 21.2. The fraction of sp³-hybridized carbons (Fsp3) is 0.261. The quantitative estimate of drug-likeness (QED) is 0.486. The Labute approximate surface area is 179 Å². The number of nitrogens with zero attached hydrogens (tertiary/aromatic N) is 5. The first-order valence-electron chi connectivity index (χ1n) is 10.4. The lowest BCUT2D eigenvalue weighted by Crippen LogP contribution is -2.12. The van der Waals surface area contributed by atoms with Crippen LogP contribution in [0.15, 0.2) is 59.1 Å². The zero-order valence-corrected chi connectivity index (χ0v) is 17.2. The van der Waals surface area contributed by atoms with Crippen LogP contribution < -0.4 is 5.32 Å². The van der Waals surface area contributed by atoms with Crippen molar-refractivity contribution in [2.45, 2.75) is 38.6 Å². The smallest absolute Gasteiger partial charge is 0.224 e. The largest absolute Gasteiger partial charge is 0.441 e. The molecule has 2 aromatic heterocycles. The van der Waals surface area contributed by atoms with E-state index in [0.717, 1.165) is 29.8 Å². The van der Waals surface area contributed by atoms with Gasteiger partial charge in [0.15, 0.2) is 17.5 Å². The van der Waals surface area contributed by atoms with Gasteiger partial charge in [-0.2, -0.15) is 0 Å². The minimum absolute atomic E-state index is 0.103. The van der Waals surface area contributed by atoms with Gasteiger partial charge in [0.25, 0.3) is 0 Å². The van der Waals surface area contributed by atoms with Crippen LogP contribution in [-0.4, -0.2) is 31.1 Å². The predicted octanol–water partition coefficient (Wildman–Crippen LogP) is 4.21. The number of carbonyl (C=O) groups is 1. The van der Waals surface area contributed by atoms with Crippen LogP contribution in [0.2, 0.25) is 0 Å². The summed E-state index contributed by atoms with van der Waals surface area (Å²) in [4.78, 5) is 16.8. The molecule has 1 amide bonds. The molecule has 0 spiro atoms. The molecule has 1 fully saturated rings. The predicted molar refractivity (Wildman–Crippen MR) is 115 cm³/mol. The number of amides is 1. The van der Waals surface area contributed by atoms with E-state index in [0.29, 0.717) is 29.8 Å². The van der Waals surface area contributed by atoms with Gasteiger partial charge >= 0.3 is 0 Å². The third-order valence-electron chi connectivity index (χ3n) is 5.25. The van der Waals surface area contributed by atoms with Crippen LogP contribution in [0.5, 0.6) is 0 Å². The van der Waals surface area contributed by atoms with Crippen molar-refractivity contribution >= 4 is 11.6 Å². The van der Waals surface area contributed by atoms with Crippen molar-refractivity contribution in [3.05, 3.63) is 66.2 Å². The summed E-state index contributed by atoms with van der Waals surface area (Å²) in [5.74, 6) is 1.87. The molecule has 156 valence electrons. The highest BCUT2D eigenvalue weighted by molar-refractivity contribution is 5.91. The maximum atomic E-state index is 12.5. The third-order valence-corrected chi connectivity index (χ3v) is 5.25. The number of rotatable bonds is 7. The molecule has 1 aliphatic rings. The number of benzene rings is 2. The van der Waals surface area contributed by atoms with Crippen LogP contribution in [0.1, 0.15) is 36.8 Å². The first-order chi connectivity index (χ1) is 15.2. The van der Waals surface area contributed by atoms with Gasteiger partial charge in [0, 0.05) is 29.7 Å². The summed E-state index contributed by atoms with van der Waals surface area (Å²) in [6.45, 7) is 2.04. The highest BCUT2D eigenvalue weighted by atomic mass is 16.4. The van der Waals surface area contributed by atoms with E-state index in [1.165, 1.54) is 5.56 Å². The van der Waals surface area contributed by atoms with Gasteiger partial charge in [0.05, 0.1) is 12.2 Å². The lowest BCUT2D eigenvalue weighted by Gasteiger charge is -2.07. The normalized spacial score (nSPS) is 13.3. The molecular formula is C23H22N6O2. The number of hydrogen-bond acceptors (Lipinski definition) is 6. The van der Waals surface area contributed by atoms with E-state index in [-0.39, 0.29) is 12.3 Å². The molecule has 1 saturated carbocycles. The molecule has 2 heterocycles. The molecule has 31 heavy (non-hydrogen) atoms. The molecule has 8 heteroatoms. The van der Waals surface area contributed by atoms with Crippen LogP contribution in [0.3, 0.4) is 0 Å². The van der Waals surface area contributed by atoms with E-state index in [9.17, 15) is 4.79 Å². The van der Waals surface area contributed by atoms with Gasteiger partial charge in [-0.05, 0) is 42.3 Å². The number of aromatic nitrogens is 5. The standard InChI is InChI=1S/C23H22N6O2/c1-15-5-7-16(8-6-15)20-14-24-22(31-20)12-11-21(30)25-18-4-2-3-17(13-18)23-26-27-28-29(23)19-9-10-19/h2-8,13-14,19H,9-12H2,1H3,(H,25,30). The van der Waals surface area contributed by atoms with E-state index in [1.807, 2.05) is 60.1 Å². The topological polar surface area (TPSA) is 98.7 Å². The fourth-order valence-corrected chi connectivity index (χ4v) is 3.41. The first-order valence-corrected chi connectivity index (χ1v) is 10.4. The van der Waals surface area contributed by atoms with Crippen molar-refractivity contribution in [1.82, 2.24) is 25.2 Å². The van der Waals surface area contributed by atoms with Crippen molar-refractivity contribution in [3.63, 3.8) is 0 Å². The molecular weight excluding hydrogens is 392 g/mol. The molecule has 0 atom stereocenters. The van der Waals surface area contributed by atoms with Crippen molar-refractivity contribution in [2.24, 2.45) is 0 Å². The maximum Gasteiger partial charge on any atom is 0.224 e. The van der Waals surface area contributed by atoms with Gasteiger partial charge in [0.1, 0.15) is 0 Å². The Balaban J connectivity index is 1.20. The number of carbonyl (C=O) groups excluding carboxylic acids is 1. The molecule has 0 bridgehead atoms. The average Bonchev–Trinajstić information content (AvgIpc) is 3.31. The van der Waals surface area contributed by atoms with Gasteiger partial charge in [-0.3, -0.25) is 4.79 Å². The highest BCUT2D eigenvalue weighted by Crippen LogP contribution is 2.36. The minimum Gasteiger partial charge on any atom is -0.441 e. The number of anilines is 1. The molecule has 1 N–H and O–H groups in total. The van der Waals surface area contributed by atoms with Gasteiger partial charge in [0.2, 0.25) is 5.91 Å². The third kappa shape index (κ3) is 4.37. The van der Waals surface area contributed by atoms with Crippen LogP contribution in [0.25, 0.3) is 22.7 Å². The second-order valence-corrected chi connectivity index (χ2v) is 7.79. The van der Waals surface area contributed by atoms with Gasteiger partial charge < -0.3 is 9.73 Å². The monoisotopic (exact) mass is 414 g/mol. The van der Waals surface area contributed by atoms with Gasteiger partial charge in [-0.15, -0.1) is 5.10 Å². The molecule has 4 aromatic rings. The van der Waals surface area contributed by atoms with Crippen LogP contribution in [0, 0.1) is 6.92 Å². The molecule has 0 saturated heterocycles. The van der Waals surface area contributed by atoms with Crippen LogP contribution in [-0.2, 0) is 11.2 Å². The summed E-state index contributed by atoms with van der Waals surface area (Å²) in [5.41, 5.74) is 3.75. The molecule has 8 nitrogen and oxygen atoms in total. The summed E-state index contributed by atoms with van der Waals surface area (Å²) < 4.78 is 7.66. The van der Waals surface area contributed by atoms with Crippen LogP contribution >= 0.6 is 0 Å². The lowest BCUT2D eigenvalue weighted by molar-refractivity contribution is -0.116. The van der Waals surface area contributed by atoms with E-state index >= 15 is 0 Å². The molecule has 0 unspecified atom stereocenters. The highest BCUT2D eigenvalue weighted by Gasteiger charge is 2.28. The molecule has 2 aromatic carbocycles. The first kappa shape index (κ1) is 19.2. The number of oxazole rings is 1. The Kier molecular flexibility index (Phi) is 5.03. The van der Waals surface area contributed by atoms with Crippen molar-refractivity contribution in [3.8, 4) is 22.7 Å². The van der Waals surface area contributed by atoms with E-state index in [4.69, 9.17) is 4.42 Å². The van der Waals surface area contributed by atoms with Crippen LogP contribution in [0.4, 0.5) is 5.69 Å². The molecule has 0 aliphatic heterocycles. The number of hydrogen-bond donors (Lipinski definition) is 1. The Bertz CT molecular complexity index is 1210. The van der Waals surface area contributed by atoms with Crippen molar-refractivity contribution in [1.29, 1.82) is 0 Å². The zero-order valence-electron chi connectivity index (χ0n) is 17.2. The summed E-state index contributed by atoms with van der Waals surface area (Å²) in [5, 5.41) is 15.0. The SMILES string of the molecule is Cc1ccc(-c2cnc(CCC(=O)Nc3cccc(-c4nnnn4C4CC4)c3)o2)cc1. The fourth-order valence-electron chi connectivity index (χ4n) is 3.41. The maximum absolute atomic E-state index is 12.5. The van der Waals surface area contributed by atoms with E-state index < -0.39 is 0 Å². The molecule has 0 radical (unpaired) electrons. The second-order valence-electron chi connectivity index (χ2n) is 7.79. The van der Waals surface area contributed by atoms with E-state index in [1.54, 1.807) is 6.20 Å². The average molecular weight is 414 g/mol. The van der Waals surface area contributed by atoms with Crippen molar-refractivity contribution < 1.29 is 9.21 Å². The van der Waals surface area contributed by atoms with E-state index in [2.05, 4.69) is 25.8 Å². The summed E-state index contributed by atoms with van der Waals surface area (Å²) >= 11 is 0. The number of tetrazole rings is 1. The molecule has 1 aliphatic carbocycles. The number of nitrogens with one attached hydrogen (secondary N) is 1.